The van der Waals surface area contributed by atoms with Crippen LogP contribution in [0.5, 0.6) is 0 Å². The first-order chi connectivity index (χ1) is 6.08. The molecule has 0 radical (unpaired) electrons. The summed E-state index contributed by atoms with van der Waals surface area (Å²) in [5.41, 5.74) is -0.684. The van der Waals surface area contributed by atoms with E-state index in [1.165, 1.54) is 0 Å². The minimum absolute atomic E-state index is 0.00126. The summed E-state index contributed by atoms with van der Waals surface area (Å²) in [6.45, 7) is -0.802. The van der Waals surface area contributed by atoms with Gasteiger partial charge in [0.2, 0.25) is 0 Å². The van der Waals surface area contributed by atoms with E-state index in [4.69, 9.17) is 20.4 Å². The van der Waals surface area contributed by atoms with Crippen LogP contribution in [0.15, 0.2) is 11.9 Å². The molecule has 0 bridgehead atoms. The van der Waals surface area contributed by atoms with Crippen molar-refractivity contribution in [1.29, 1.82) is 0 Å². The number of rotatable bonds is 5. The summed E-state index contributed by atoms with van der Waals surface area (Å²) in [7, 11) is 0. The van der Waals surface area contributed by atoms with Gasteiger partial charge in [-0.1, -0.05) is 0 Å². The van der Waals surface area contributed by atoms with Crippen molar-refractivity contribution < 1.29 is 29.6 Å². The Morgan fingerprint density at radius 1 is 1.38 bits per heavy atom. The van der Waals surface area contributed by atoms with Gasteiger partial charge in [-0.2, -0.15) is 0 Å². The zero-order chi connectivity index (χ0) is 10.4. The van der Waals surface area contributed by atoms with E-state index in [2.05, 4.69) is 0 Å². The lowest BCUT2D eigenvalue weighted by molar-refractivity contribution is -0.114. The maximum atomic E-state index is 12.0. The Hall–Kier alpha value is -0.820. The molecular weight excluding hydrogens is 183 g/mol. The fraction of sp³-hybridized carbons (Fsp3) is 0.571. The first-order valence-corrected chi connectivity index (χ1v) is 3.49. The van der Waals surface area contributed by atoms with Crippen LogP contribution in [0.1, 0.15) is 0 Å². The number of hydrogen-bond donors (Lipinski definition) is 4. The third-order valence-corrected chi connectivity index (χ3v) is 1.49. The SMILES string of the molecule is O=C[C@H](O)/C(=C\F)[C@H](O)[C@H](O)CO. The predicted octanol–water partition coefficient (Wildman–Crippen LogP) is -1.89. The van der Waals surface area contributed by atoms with E-state index in [0.717, 1.165) is 0 Å². The average Bonchev–Trinajstić information content (AvgIpc) is 2.17. The zero-order valence-corrected chi connectivity index (χ0v) is 6.67. The molecule has 0 fully saturated rings. The number of aliphatic hydroxyl groups excluding tert-OH is 4. The number of aliphatic hydroxyl groups is 4. The van der Waals surface area contributed by atoms with Crippen LogP contribution >= 0.6 is 0 Å². The van der Waals surface area contributed by atoms with E-state index in [1.54, 1.807) is 0 Å². The summed E-state index contributed by atoms with van der Waals surface area (Å²) in [5, 5.41) is 35.1. The van der Waals surface area contributed by atoms with Crippen LogP contribution in [0.2, 0.25) is 0 Å². The summed E-state index contributed by atoms with van der Waals surface area (Å²) in [5.74, 6) is 0. The van der Waals surface area contributed by atoms with Gasteiger partial charge in [0.05, 0.1) is 12.9 Å². The second-order valence-electron chi connectivity index (χ2n) is 2.38. The van der Waals surface area contributed by atoms with E-state index >= 15 is 0 Å². The van der Waals surface area contributed by atoms with Crippen LogP contribution in [-0.2, 0) is 4.79 Å². The van der Waals surface area contributed by atoms with Gasteiger partial charge in [-0.05, 0) is 0 Å². The molecule has 0 aliphatic rings. The lowest BCUT2D eigenvalue weighted by Crippen LogP contribution is -2.35. The van der Waals surface area contributed by atoms with Gasteiger partial charge in [-0.25, -0.2) is 4.39 Å². The predicted molar refractivity (Wildman–Crippen MR) is 40.4 cm³/mol. The van der Waals surface area contributed by atoms with Gasteiger partial charge in [0, 0.05) is 5.57 Å². The Labute approximate surface area is 73.7 Å². The fourth-order valence-electron chi connectivity index (χ4n) is 0.705. The van der Waals surface area contributed by atoms with Crippen molar-refractivity contribution in [3.8, 4) is 0 Å². The van der Waals surface area contributed by atoms with Crippen molar-refractivity contribution >= 4 is 6.29 Å². The quantitative estimate of drug-likeness (QED) is 0.384. The van der Waals surface area contributed by atoms with Gasteiger partial charge >= 0.3 is 0 Å². The lowest BCUT2D eigenvalue weighted by atomic mass is 10.0. The smallest absolute Gasteiger partial charge is 0.152 e. The Morgan fingerprint density at radius 3 is 2.23 bits per heavy atom. The molecule has 76 valence electrons. The number of hydrogen-bond acceptors (Lipinski definition) is 5. The monoisotopic (exact) mass is 194 g/mol. The molecule has 0 saturated carbocycles. The molecule has 0 unspecified atom stereocenters. The van der Waals surface area contributed by atoms with E-state index in [0.29, 0.717) is 0 Å². The van der Waals surface area contributed by atoms with Crippen molar-refractivity contribution in [2.75, 3.05) is 6.61 Å². The molecule has 13 heavy (non-hydrogen) atoms. The molecule has 0 amide bonds. The molecular formula is C7H11FO5. The Bertz CT molecular complexity index is 193. The Kier molecular flexibility index (Phi) is 5.40. The first-order valence-electron chi connectivity index (χ1n) is 3.49. The lowest BCUT2D eigenvalue weighted by Gasteiger charge is -2.19. The van der Waals surface area contributed by atoms with E-state index in [9.17, 15) is 9.18 Å². The molecule has 0 aromatic rings. The van der Waals surface area contributed by atoms with Crippen LogP contribution in [-0.4, -0.2) is 51.6 Å². The molecule has 4 N–H and O–H groups in total. The van der Waals surface area contributed by atoms with Crippen molar-refractivity contribution in [1.82, 2.24) is 0 Å². The first kappa shape index (κ1) is 12.2. The number of carbonyl (C=O) groups excluding carboxylic acids is 1. The normalized spacial score (nSPS) is 19.3. The van der Waals surface area contributed by atoms with Crippen LogP contribution in [0, 0.1) is 0 Å². The third kappa shape index (κ3) is 3.19. The van der Waals surface area contributed by atoms with E-state index in [-0.39, 0.29) is 12.6 Å². The molecule has 0 saturated heterocycles. The van der Waals surface area contributed by atoms with Crippen molar-refractivity contribution in [2.24, 2.45) is 0 Å². The van der Waals surface area contributed by atoms with Crippen LogP contribution < -0.4 is 0 Å². The van der Waals surface area contributed by atoms with E-state index in [1.807, 2.05) is 0 Å². The largest absolute Gasteiger partial charge is 0.394 e. The molecule has 0 aliphatic heterocycles. The molecule has 6 heteroatoms. The maximum absolute atomic E-state index is 12.0. The van der Waals surface area contributed by atoms with Gasteiger partial charge in [0.1, 0.15) is 18.3 Å². The summed E-state index contributed by atoms with van der Waals surface area (Å²) in [6, 6.07) is 0. The van der Waals surface area contributed by atoms with Crippen molar-refractivity contribution in [3.05, 3.63) is 11.9 Å². The highest BCUT2D eigenvalue weighted by Crippen LogP contribution is 2.11. The molecule has 0 spiro atoms. The van der Waals surface area contributed by atoms with E-state index < -0.39 is 30.5 Å². The number of carbonyl (C=O) groups is 1. The van der Waals surface area contributed by atoms with Crippen LogP contribution in [0.4, 0.5) is 4.39 Å². The average molecular weight is 194 g/mol. The highest BCUT2D eigenvalue weighted by Gasteiger charge is 2.25. The maximum Gasteiger partial charge on any atom is 0.152 e. The summed E-state index contributed by atoms with van der Waals surface area (Å²) in [6.07, 6.45) is -5.42. The standard InChI is InChI=1S/C7H11FO5/c8-1-4(5(11)2-9)7(13)6(12)3-10/h1-2,5-7,10-13H,3H2/b4-1+/t5-,6+,7-/m0/s1. The highest BCUT2D eigenvalue weighted by molar-refractivity contribution is 5.61. The second kappa shape index (κ2) is 5.76. The molecule has 3 atom stereocenters. The van der Waals surface area contributed by atoms with Crippen molar-refractivity contribution in [3.63, 3.8) is 0 Å². The zero-order valence-electron chi connectivity index (χ0n) is 6.67. The molecule has 0 heterocycles. The number of halogens is 1. The molecule has 0 aromatic heterocycles. The highest BCUT2D eigenvalue weighted by atomic mass is 19.1. The summed E-state index contributed by atoms with van der Waals surface area (Å²) in [4.78, 5) is 10.0. The van der Waals surface area contributed by atoms with Crippen LogP contribution in [0.3, 0.4) is 0 Å². The number of aldehydes is 1. The molecule has 0 aromatic carbocycles. The molecule has 5 nitrogen and oxygen atoms in total. The Balaban J connectivity index is 4.50. The van der Waals surface area contributed by atoms with Crippen molar-refractivity contribution in [2.45, 2.75) is 18.3 Å². The summed E-state index contributed by atoms with van der Waals surface area (Å²) < 4.78 is 12.0. The molecule has 0 rings (SSSR count). The van der Waals surface area contributed by atoms with Gasteiger partial charge in [0.15, 0.2) is 6.29 Å². The van der Waals surface area contributed by atoms with Gasteiger partial charge in [-0.3, -0.25) is 0 Å². The minimum Gasteiger partial charge on any atom is -0.394 e. The summed E-state index contributed by atoms with van der Waals surface area (Å²) >= 11 is 0. The van der Waals surface area contributed by atoms with Gasteiger partial charge in [0.25, 0.3) is 0 Å². The minimum atomic E-state index is -1.82. The van der Waals surface area contributed by atoms with Gasteiger partial charge in [-0.15, -0.1) is 0 Å². The fourth-order valence-corrected chi connectivity index (χ4v) is 0.705. The van der Waals surface area contributed by atoms with Gasteiger partial charge < -0.3 is 25.2 Å². The van der Waals surface area contributed by atoms with Crippen LogP contribution in [0.25, 0.3) is 0 Å². The Morgan fingerprint density at radius 2 is 1.92 bits per heavy atom. The topological polar surface area (TPSA) is 98.0 Å². The molecule has 0 aliphatic carbocycles. The second-order valence-corrected chi connectivity index (χ2v) is 2.38. The third-order valence-electron chi connectivity index (χ3n) is 1.49.